The van der Waals surface area contributed by atoms with Gasteiger partial charge >= 0.3 is 0 Å². The first-order valence-electron chi connectivity index (χ1n) is 8.26. The van der Waals surface area contributed by atoms with Crippen molar-refractivity contribution in [2.24, 2.45) is 0 Å². The zero-order chi connectivity index (χ0) is 19.0. The van der Waals surface area contributed by atoms with E-state index in [0.29, 0.717) is 28.4 Å². The van der Waals surface area contributed by atoms with Crippen molar-refractivity contribution in [2.75, 3.05) is 5.32 Å². The van der Waals surface area contributed by atoms with Gasteiger partial charge in [0.25, 0.3) is 5.91 Å². The van der Waals surface area contributed by atoms with Crippen molar-refractivity contribution in [3.63, 3.8) is 0 Å². The lowest BCUT2D eigenvalue weighted by Gasteiger charge is -2.06. The fourth-order valence-electron chi connectivity index (χ4n) is 2.76. The van der Waals surface area contributed by atoms with Crippen LogP contribution >= 0.6 is 0 Å². The Morgan fingerprint density at radius 3 is 2.59 bits per heavy atom. The molecular formula is C19H15FN6O. The number of benzene rings is 1. The molecule has 0 unspecified atom stereocenters. The molecule has 0 fully saturated rings. The molecule has 27 heavy (non-hydrogen) atoms. The van der Waals surface area contributed by atoms with E-state index in [4.69, 9.17) is 0 Å². The number of carbonyl (C=O) groups excluding carboxylic acids is 1. The number of hydrogen-bond donors (Lipinski definition) is 1. The van der Waals surface area contributed by atoms with Crippen molar-refractivity contribution in [3.8, 4) is 11.3 Å². The van der Waals surface area contributed by atoms with Gasteiger partial charge in [0.05, 0.1) is 17.1 Å². The van der Waals surface area contributed by atoms with Gasteiger partial charge in [0.15, 0.2) is 17.2 Å². The topological polar surface area (TPSA) is 85.1 Å². The summed E-state index contributed by atoms with van der Waals surface area (Å²) in [7, 11) is 0. The summed E-state index contributed by atoms with van der Waals surface area (Å²) < 4.78 is 15.5. The van der Waals surface area contributed by atoms with Crippen LogP contribution in [-0.2, 0) is 0 Å². The number of imidazole rings is 1. The number of nitrogens with zero attached hydrogens (tertiary/aromatic N) is 5. The largest absolute Gasteiger partial charge is 0.304 e. The molecule has 0 aliphatic carbocycles. The van der Waals surface area contributed by atoms with E-state index in [1.807, 2.05) is 0 Å². The van der Waals surface area contributed by atoms with Gasteiger partial charge in [0.2, 0.25) is 0 Å². The van der Waals surface area contributed by atoms with E-state index in [2.05, 4.69) is 25.6 Å². The molecule has 1 amide bonds. The van der Waals surface area contributed by atoms with Crippen molar-refractivity contribution in [1.82, 2.24) is 24.8 Å². The van der Waals surface area contributed by atoms with Crippen LogP contribution in [0.5, 0.6) is 0 Å². The first-order valence-corrected chi connectivity index (χ1v) is 8.26. The van der Waals surface area contributed by atoms with E-state index in [1.165, 1.54) is 10.6 Å². The van der Waals surface area contributed by atoms with Crippen molar-refractivity contribution < 1.29 is 9.18 Å². The van der Waals surface area contributed by atoms with Crippen molar-refractivity contribution >= 4 is 17.4 Å². The van der Waals surface area contributed by atoms with Crippen LogP contribution in [-0.4, -0.2) is 30.7 Å². The second-order valence-electron chi connectivity index (χ2n) is 6.03. The maximum atomic E-state index is 14.1. The van der Waals surface area contributed by atoms with Crippen molar-refractivity contribution in [3.05, 3.63) is 71.4 Å². The second kappa shape index (κ2) is 6.56. The Balaban J connectivity index is 1.77. The molecule has 8 heteroatoms. The van der Waals surface area contributed by atoms with E-state index in [1.54, 1.807) is 56.3 Å². The Morgan fingerprint density at radius 1 is 1.04 bits per heavy atom. The van der Waals surface area contributed by atoms with Gasteiger partial charge in [-0.3, -0.25) is 4.79 Å². The average molecular weight is 362 g/mol. The predicted molar refractivity (Wildman–Crippen MR) is 97.8 cm³/mol. The monoisotopic (exact) mass is 362 g/mol. The van der Waals surface area contributed by atoms with Gasteiger partial charge in [0.1, 0.15) is 5.82 Å². The number of rotatable bonds is 3. The van der Waals surface area contributed by atoms with Crippen LogP contribution in [0, 0.1) is 19.7 Å². The van der Waals surface area contributed by atoms with Gasteiger partial charge in [-0.05, 0) is 50.2 Å². The lowest BCUT2D eigenvalue weighted by Crippen LogP contribution is -2.17. The summed E-state index contributed by atoms with van der Waals surface area (Å²) in [5.74, 6) is -0.483. The molecule has 4 aromatic rings. The molecule has 0 spiro atoms. The number of nitrogens with one attached hydrogen (secondary N) is 1. The van der Waals surface area contributed by atoms with Crippen LogP contribution in [0.25, 0.3) is 16.9 Å². The molecule has 4 rings (SSSR count). The zero-order valence-electron chi connectivity index (χ0n) is 14.6. The summed E-state index contributed by atoms with van der Waals surface area (Å²) in [5, 5.41) is 15.0. The van der Waals surface area contributed by atoms with Crippen molar-refractivity contribution in [1.29, 1.82) is 0 Å². The summed E-state index contributed by atoms with van der Waals surface area (Å²) in [4.78, 5) is 17.1. The van der Waals surface area contributed by atoms with Gasteiger partial charge < -0.3 is 5.32 Å². The fraction of sp³-hybridized carbons (Fsp3) is 0.105. The summed E-state index contributed by atoms with van der Waals surface area (Å²) in [6, 6.07) is 13.1. The average Bonchev–Trinajstić information content (AvgIpc) is 2.99. The van der Waals surface area contributed by atoms with Crippen LogP contribution in [0.2, 0.25) is 0 Å². The third-order valence-electron chi connectivity index (χ3n) is 4.06. The minimum atomic E-state index is -0.420. The maximum Gasteiger partial charge on any atom is 0.277 e. The number of aryl methyl sites for hydroxylation is 2. The van der Waals surface area contributed by atoms with Crippen LogP contribution < -0.4 is 5.32 Å². The van der Waals surface area contributed by atoms with E-state index in [-0.39, 0.29) is 11.5 Å². The zero-order valence-corrected chi connectivity index (χ0v) is 14.6. The van der Waals surface area contributed by atoms with E-state index < -0.39 is 5.91 Å². The third-order valence-corrected chi connectivity index (χ3v) is 4.06. The minimum absolute atomic E-state index is 0.255. The Morgan fingerprint density at radius 2 is 1.85 bits per heavy atom. The van der Waals surface area contributed by atoms with Gasteiger partial charge in [0, 0.05) is 5.56 Å². The molecular weight excluding hydrogens is 347 g/mol. The van der Waals surface area contributed by atoms with Crippen molar-refractivity contribution in [2.45, 2.75) is 13.8 Å². The fourth-order valence-corrected chi connectivity index (χ4v) is 2.76. The van der Waals surface area contributed by atoms with E-state index >= 15 is 0 Å². The van der Waals surface area contributed by atoms with Gasteiger partial charge in [-0.15, -0.1) is 5.10 Å². The Labute approximate surface area is 153 Å². The Hall–Kier alpha value is -3.68. The van der Waals surface area contributed by atoms with Gasteiger partial charge in [-0.1, -0.05) is 12.1 Å². The maximum absolute atomic E-state index is 14.1. The lowest BCUT2D eigenvalue weighted by molar-refractivity contribution is 0.101. The normalized spacial score (nSPS) is 10.9. The number of fused-ring (bicyclic) bond motifs is 1. The molecule has 0 radical (unpaired) electrons. The summed E-state index contributed by atoms with van der Waals surface area (Å²) in [6.45, 7) is 3.52. The van der Waals surface area contributed by atoms with Gasteiger partial charge in [-0.2, -0.15) is 10.2 Å². The molecule has 3 heterocycles. The molecule has 0 saturated carbocycles. The second-order valence-corrected chi connectivity index (χ2v) is 6.03. The summed E-state index contributed by atoms with van der Waals surface area (Å²) >= 11 is 0. The number of anilines is 1. The molecule has 0 aliphatic rings. The Bertz CT molecular complexity index is 1150. The number of halogens is 1. The molecule has 0 atom stereocenters. The number of aromatic nitrogens is 5. The molecule has 0 bridgehead atoms. The smallest absolute Gasteiger partial charge is 0.277 e. The summed E-state index contributed by atoms with van der Waals surface area (Å²) in [6.07, 6.45) is 0. The molecule has 0 saturated heterocycles. The van der Waals surface area contributed by atoms with Gasteiger partial charge in [-0.25, -0.2) is 13.9 Å². The highest BCUT2D eigenvalue weighted by atomic mass is 19.1. The quantitative estimate of drug-likeness (QED) is 0.605. The number of hydrogen-bond acceptors (Lipinski definition) is 5. The molecule has 1 N–H and O–H groups in total. The first-order chi connectivity index (χ1) is 13.0. The molecule has 0 aliphatic heterocycles. The van der Waals surface area contributed by atoms with Crippen LogP contribution in [0.1, 0.15) is 21.9 Å². The number of carbonyl (C=O) groups is 1. The van der Waals surface area contributed by atoms with Crippen LogP contribution in [0.15, 0.2) is 48.5 Å². The molecule has 134 valence electrons. The first kappa shape index (κ1) is 16.8. The highest BCUT2D eigenvalue weighted by Gasteiger charge is 2.19. The highest BCUT2D eigenvalue weighted by Crippen LogP contribution is 2.22. The predicted octanol–water partition coefficient (Wildman–Crippen LogP) is 3.19. The minimum Gasteiger partial charge on any atom is -0.304 e. The molecule has 3 aromatic heterocycles. The molecule has 1 aromatic carbocycles. The number of amides is 1. The Kier molecular flexibility index (Phi) is 4.08. The standard InChI is InChI=1S/C19H15FN6O/c1-11-7-9-16(24-23-11)22-19(27)18-12(2)21-17-10-8-15(25-26(17)18)13-5-3-4-6-14(13)20/h3-10H,1-2H3,(H,22,24,27). The van der Waals surface area contributed by atoms with E-state index in [9.17, 15) is 9.18 Å². The molecule has 7 nitrogen and oxygen atoms in total. The highest BCUT2D eigenvalue weighted by molar-refractivity contribution is 6.03. The SMILES string of the molecule is Cc1ccc(NC(=O)c2c(C)nc3ccc(-c4ccccc4F)nn23)nn1. The van der Waals surface area contributed by atoms with E-state index in [0.717, 1.165) is 5.69 Å². The van der Waals surface area contributed by atoms with Crippen LogP contribution in [0.3, 0.4) is 0 Å². The summed E-state index contributed by atoms with van der Waals surface area (Å²) in [5.41, 5.74) is 2.75. The third kappa shape index (κ3) is 3.12. The lowest BCUT2D eigenvalue weighted by atomic mass is 10.1. The van der Waals surface area contributed by atoms with Crippen LogP contribution in [0.4, 0.5) is 10.2 Å².